The third-order valence-electron chi connectivity index (χ3n) is 3.48. The third-order valence-corrected chi connectivity index (χ3v) is 4.76. The summed E-state index contributed by atoms with van der Waals surface area (Å²) in [7, 11) is 0. The van der Waals surface area contributed by atoms with E-state index in [9.17, 15) is 0 Å². The fourth-order valence-electron chi connectivity index (χ4n) is 2.57. The highest BCUT2D eigenvalue weighted by Crippen LogP contribution is 2.25. The number of rotatable bonds is 2. The molecule has 0 aliphatic carbocycles. The van der Waals surface area contributed by atoms with E-state index < -0.39 is 0 Å². The molecule has 1 unspecified atom stereocenters. The van der Waals surface area contributed by atoms with E-state index in [0.717, 1.165) is 18.0 Å². The number of imidazole rings is 1. The molecular weight excluding hydrogens is 228 g/mol. The van der Waals surface area contributed by atoms with Crippen LogP contribution in [0.4, 0.5) is 0 Å². The van der Waals surface area contributed by atoms with Gasteiger partial charge in [0.05, 0.1) is 5.69 Å². The highest BCUT2D eigenvalue weighted by Gasteiger charge is 2.16. The summed E-state index contributed by atoms with van der Waals surface area (Å²) in [5.41, 5.74) is 3.63. The quantitative estimate of drug-likeness (QED) is 0.808. The summed E-state index contributed by atoms with van der Waals surface area (Å²) in [5.74, 6) is 3.49. The summed E-state index contributed by atoms with van der Waals surface area (Å²) in [6.07, 6.45) is 8.19. The number of aryl methyl sites for hydroxylation is 1. The van der Waals surface area contributed by atoms with Crippen LogP contribution < -0.4 is 0 Å². The first-order chi connectivity index (χ1) is 8.33. The summed E-state index contributed by atoms with van der Waals surface area (Å²) in [4.78, 5) is 4.76. The van der Waals surface area contributed by atoms with Crippen LogP contribution >= 0.6 is 11.8 Å². The van der Waals surface area contributed by atoms with Gasteiger partial charge in [-0.3, -0.25) is 0 Å². The molecule has 0 spiro atoms. The van der Waals surface area contributed by atoms with E-state index in [4.69, 9.17) is 4.98 Å². The van der Waals surface area contributed by atoms with Gasteiger partial charge < -0.3 is 4.40 Å². The van der Waals surface area contributed by atoms with Crippen molar-refractivity contribution in [1.29, 1.82) is 0 Å². The Hall–Kier alpha value is -0.960. The molecule has 1 atom stereocenters. The second kappa shape index (κ2) is 4.73. The average Bonchev–Trinajstić information content (AvgIpc) is 2.74. The van der Waals surface area contributed by atoms with Gasteiger partial charge in [-0.25, -0.2) is 4.98 Å². The van der Waals surface area contributed by atoms with E-state index in [1.165, 1.54) is 35.6 Å². The van der Waals surface area contributed by atoms with Crippen LogP contribution in [-0.4, -0.2) is 20.9 Å². The van der Waals surface area contributed by atoms with Crippen LogP contribution in [0.25, 0.3) is 5.65 Å². The maximum Gasteiger partial charge on any atom is 0.139 e. The van der Waals surface area contributed by atoms with E-state index >= 15 is 0 Å². The molecule has 3 heteroatoms. The first kappa shape index (κ1) is 11.1. The van der Waals surface area contributed by atoms with E-state index in [1.807, 2.05) is 0 Å². The molecule has 1 aliphatic heterocycles. The lowest BCUT2D eigenvalue weighted by molar-refractivity contribution is 0.516. The van der Waals surface area contributed by atoms with Gasteiger partial charge >= 0.3 is 0 Å². The monoisotopic (exact) mass is 246 g/mol. The smallest absolute Gasteiger partial charge is 0.139 e. The molecule has 0 amide bonds. The highest BCUT2D eigenvalue weighted by molar-refractivity contribution is 7.99. The number of aromatic nitrogens is 2. The summed E-state index contributed by atoms with van der Waals surface area (Å²) >= 11 is 2.10. The Kier molecular flexibility index (Phi) is 3.10. The van der Waals surface area contributed by atoms with Gasteiger partial charge in [-0.1, -0.05) is 6.07 Å². The van der Waals surface area contributed by atoms with E-state index in [0.29, 0.717) is 0 Å². The van der Waals surface area contributed by atoms with Crippen molar-refractivity contribution < 1.29 is 0 Å². The highest BCUT2D eigenvalue weighted by atomic mass is 32.2. The second-order valence-electron chi connectivity index (χ2n) is 4.94. The van der Waals surface area contributed by atoms with Crippen molar-refractivity contribution in [1.82, 2.24) is 9.38 Å². The minimum atomic E-state index is 0.832. The fourth-order valence-corrected chi connectivity index (χ4v) is 3.72. The maximum atomic E-state index is 4.76. The number of nitrogens with zero attached hydrogens (tertiary/aromatic N) is 2. The summed E-state index contributed by atoms with van der Waals surface area (Å²) in [6, 6.07) is 4.22. The van der Waals surface area contributed by atoms with Crippen molar-refractivity contribution in [2.24, 2.45) is 5.92 Å². The first-order valence-electron chi connectivity index (χ1n) is 6.34. The number of hydrogen-bond acceptors (Lipinski definition) is 2. The Labute approximate surface area is 106 Å². The zero-order chi connectivity index (χ0) is 11.7. The third kappa shape index (κ3) is 2.34. The molecule has 90 valence electrons. The molecule has 3 rings (SSSR count). The predicted molar refractivity (Wildman–Crippen MR) is 73.7 cm³/mol. The molecule has 17 heavy (non-hydrogen) atoms. The number of thioether (sulfide) groups is 1. The largest absolute Gasteiger partial charge is 0.307 e. The zero-order valence-corrected chi connectivity index (χ0v) is 11.0. The molecule has 0 aromatic carbocycles. The summed E-state index contributed by atoms with van der Waals surface area (Å²) in [5, 5.41) is 0. The van der Waals surface area contributed by atoms with Crippen molar-refractivity contribution >= 4 is 17.4 Å². The number of fused-ring (bicyclic) bond motifs is 1. The Bertz CT molecular complexity index is 512. The molecular formula is C14H18N2S. The van der Waals surface area contributed by atoms with Crippen LogP contribution in [0.2, 0.25) is 0 Å². The first-order valence-corrected chi connectivity index (χ1v) is 7.49. The molecule has 1 saturated heterocycles. The summed E-state index contributed by atoms with van der Waals surface area (Å²) in [6.45, 7) is 2.13. The van der Waals surface area contributed by atoms with Crippen LogP contribution in [0.15, 0.2) is 24.5 Å². The molecule has 2 nitrogen and oxygen atoms in total. The fraction of sp³-hybridized carbons (Fsp3) is 0.500. The van der Waals surface area contributed by atoms with Gasteiger partial charge in [-0.2, -0.15) is 11.8 Å². The summed E-state index contributed by atoms with van der Waals surface area (Å²) < 4.78 is 2.15. The number of pyridine rings is 1. The van der Waals surface area contributed by atoms with E-state index in [-0.39, 0.29) is 0 Å². The van der Waals surface area contributed by atoms with E-state index in [1.54, 1.807) is 0 Å². The Morgan fingerprint density at radius 1 is 1.53 bits per heavy atom. The minimum Gasteiger partial charge on any atom is -0.307 e. The molecule has 1 fully saturated rings. The minimum absolute atomic E-state index is 0.832. The van der Waals surface area contributed by atoms with Gasteiger partial charge in [0.2, 0.25) is 0 Å². The van der Waals surface area contributed by atoms with E-state index in [2.05, 4.69) is 47.6 Å². The molecule has 0 bridgehead atoms. The lowest BCUT2D eigenvalue weighted by atomic mass is 10.00. The lowest BCUT2D eigenvalue weighted by Gasteiger charge is -2.19. The molecule has 2 aromatic rings. The van der Waals surface area contributed by atoms with Gasteiger partial charge in [-0.15, -0.1) is 0 Å². The molecule has 0 N–H and O–H groups in total. The average molecular weight is 246 g/mol. The molecule has 2 aromatic heterocycles. The van der Waals surface area contributed by atoms with Gasteiger partial charge in [0.1, 0.15) is 5.65 Å². The van der Waals surface area contributed by atoms with Crippen molar-refractivity contribution in [2.75, 3.05) is 11.5 Å². The van der Waals surface area contributed by atoms with Crippen molar-refractivity contribution in [3.8, 4) is 0 Å². The topological polar surface area (TPSA) is 17.3 Å². The van der Waals surface area contributed by atoms with Crippen molar-refractivity contribution in [3.63, 3.8) is 0 Å². The molecule has 3 heterocycles. The van der Waals surface area contributed by atoms with Crippen LogP contribution in [0.3, 0.4) is 0 Å². The van der Waals surface area contributed by atoms with Gasteiger partial charge in [0, 0.05) is 12.4 Å². The van der Waals surface area contributed by atoms with Crippen LogP contribution in [0.5, 0.6) is 0 Å². The Balaban J connectivity index is 1.83. The van der Waals surface area contributed by atoms with Gasteiger partial charge in [-0.05, 0) is 55.2 Å². The van der Waals surface area contributed by atoms with Crippen molar-refractivity contribution in [2.45, 2.75) is 26.2 Å². The second-order valence-corrected chi connectivity index (χ2v) is 6.09. The van der Waals surface area contributed by atoms with Crippen LogP contribution in [0, 0.1) is 12.8 Å². The Morgan fingerprint density at radius 2 is 2.47 bits per heavy atom. The molecule has 0 saturated carbocycles. The zero-order valence-electron chi connectivity index (χ0n) is 10.2. The Morgan fingerprint density at radius 3 is 3.24 bits per heavy atom. The molecule has 0 radical (unpaired) electrons. The standard InChI is InChI=1S/C14H18N2S/c1-11-4-2-6-16-9-13(15-14(11)16)8-12-5-3-7-17-10-12/h2,4,6,9,12H,3,5,7-8,10H2,1H3. The van der Waals surface area contributed by atoms with Crippen molar-refractivity contribution in [3.05, 3.63) is 35.8 Å². The van der Waals surface area contributed by atoms with Crippen LogP contribution in [0.1, 0.15) is 24.1 Å². The maximum absolute atomic E-state index is 4.76. The van der Waals surface area contributed by atoms with Gasteiger partial charge in [0.25, 0.3) is 0 Å². The predicted octanol–water partition coefficient (Wildman–Crippen LogP) is 3.33. The van der Waals surface area contributed by atoms with Crippen LogP contribution in [-0.2, 0) is 6.42 Å². The van der Waals surface area contributed by atoms with Gasteiger partial charge in [0.15, 0.2) is 0 Å². The normalized spacial score (nSPS) is 20.9. The number of hydrogen-bond donors (Lipinski definition) is 0. The SMILES string of the molecule is Cc1cccn2cc(CC3CCCSC3)nc12. The lowest BCUT2D eigenvalue weighted by Crippen LogP contribution is -2.13. The molecule has 1 aliphatic rings.